The number of hydrogen-bond acceptors (Lipinski definition) is 1. The van der Waals surface area contributed by atoms with Crippen LogP contribution in [-0.4, -0.2) is 4.98 Å². The molecule has 0 aliphatic carbocycles. The fraction of sp³-hybridized carbons (Fsp3) is 0.567. The Balaban J connectivity index is -0.000000216. The Bertz CT molecular complexity index is 628. The number of rotatable bonds is 7. The van der Waals surface area contributed by atoms with Crippen molar-refractivity contribution in [2.45, 2.75) is 115 Å². The molecule has 0 aromatic carbocycles. The van der Waals surface area contributed by atoms with Crippen molar-refractivity contribution in [1.29, 1.82) is 0 Å². The van der Waals surface area contributed by atoms with Gasteiger partial charge in [-0.25, -0.2) is 0 Å². The normalized spacial score (nSPS) is 10.4. The minimum atomic E-state index is 0.748. The first kappa shape index (κ1) is 37.7. The van der Waals surface area contributed by atoms with Crippen LogP contribution >= 0.6 is 11.6 Å². The van der Waals surface area contributed by atoms with Gasteiger partial charge in [0, 0.05) is 11.2 Å². The van der Waals surface area contributed by atoms with E-state index in [0.717, 1.165) is 34.7 Å². The molecule has 0 bridgehead atoms. The SMILES string of the molecule is C/C=C\c1ncc(/C(C)=C/C(Cl)=C\C)cc1C.C=C(CC)CC.CC.CC.CCCCC. The summed E-state index contributed by atoms with van der Waals surface area (Å²) in [5.41, 5.74) is 5.76. The summed E-state index contributed by atoms with van der Waals surface area (Å²) in [4.78, 5) is 4.43. The monoisotopic (exact) mass is 463 g/mol. The number of pyridine rings is 1. The largest absolute Gasteiger partial charge is 0.256 e. The second kappa shape index (κ2) is 29.4. The Morgan fingerprint density at radius 2 is 1.50 bits per heavy atom. The summed E-state index contributed by atoms with van der Waals surface area (Å²) < 4.78 is 0. The van der Waals surface area contributed by atoms with E-state index in [4.69, 9.17) is 11.6 Å². The number of aromatic nitrogens is 1. The van der Waals surface area contributed by atoms with Gasteiger partial charge < -0.3 is 0 Å². The van der Waals surface area contributed by atoms with E-state index in [-0.39, 0.29) is 0 Å². The van der Waals surface area contributed by atoms with Gasteiger partial charge in [0.2, 0.25) is 0 Å². The molecule has 1 aromatic heterocycles. The third-order valence-corrected chi connectivity index (χ3v) is 4.56. The first-order chi connectivity index (χ1) is 15.3. The number of unbranched alkanes of at least 4 members (excludes halogenated alkanes) is 2. The van der Waals surface area contributed by atoms with E-state index in [1.54, 1.807) is 0 Å². The topological polar surface area (TPSA) is 12.9 Å². The molecule has 1 nitrogen and oxygen atoms in total. The van der Waals surface area contributed by atoms with Crippen LogP contribution in [0.15, 0.2) is 47.7 Å². The van der Waals surface area contributed by atoms with E-state index in [1.165, 1.54) is 30.4 Å². The second-order valence-corrected chi connectivity index (χ2v) is 7.17. The van der Waals surface area contributed by atoms with Gasteiger partial charge in [0.1, 0.15) is 0 Å². The fourth-order valence-electron chi connectivity index (χ4n) is 2.11. The highest BCUT2D eigenvalue weighted by Gasteiger charge is 2.01. The van der Waals surface area contributed by atoms with E-state index in [9.17, 15) is 0 Å². The van der Waals surface area contributed by atoms with Crippen LogP contribution < -0.4 is 0 Å². The Kier molecular flexibility index (Phi) is 34.6. The molecule has 0 atom stereocenters. The molecule has 0 spiro atoms. The molecule has 0 saturated heterocycles. The van der Waals surface area contributed by atoms with Crippen molar-refractivity contribution in [3.8, 4) is 0 Å². The predicted octanol–water partition coefficient (Wildman–Crippen LogP) is 11.6. The van der Waals surface area contributed by atoms with Crippen LogP contribution in [0.2, 0.25) is 0 Å². The van der Waals surface area contributed by atoms with Crippen LogP contribution in [0.3, 0.4) is 0 Å². The van der Waals surface area contributed by atoms with Crippen LogP contribution in [0.5, 0.6) is 0 Å². The van der Waals surface area contributed by atoms with Crippen LogP contribution in [-0.2, 0) is 0 Å². The zero-order valence-corrected chi connectivity index (χ0v) is 24.3. The number of hydrogen-bond donors (Lipinski definition) is 0. The third-order valence-electron chi connectivity index (χ3n) is 4.24. The summed E-state index contributed by atoms with van der Waals surface area (Å²) >= 11 is 5.98. The zero-order chi connectivity index (χ0) is 25.9. The zero-order valence-electron chi connectivity index (χ0n) is 23.5. The highest BCUT2D eigenvalue weighted by atomic mass is 35.5. The molecule has 1 aromatic rings. The Morgan fingerprint density at radius 3 is 1.78 bits per heavy atom. The third kappa shape index (κ3) is 23.1. The van der Waals surface area contributed by atoms with Crippen LogP contribution in [0.1, 0.15) is 125 Å². The Morgan fingerprint density at radius 1 is 1.00 bits per heavy atom. The quantitative estimate of drug-likeness (QED) is 0.289. The van der Waals surface area contributed by atoms with Crippen LogP contribution in [0, 0.1) is 6.92 Å². The lowest BCUT2D eigenvalue weighted by molar-refractivity contribution is 0.772. The van der Waals surface area contributed by atoms with Crippen molar-refractivity contribution in [1.82, 2.24) is 4.98 Å². The summed E-state index contributed by atoms with van der Waals surface area (Å²) in [5, 5.41) is 0.748. The van der Waals surface area contributed by atoms with Crippen molar-refractivity contribution < 1.29 is 0 Å². The Labute approximate surface area is 207 Å². The number of halogens is 1. The smallest absolute Gasteiger partial charge is 0.0655 e. The molecular formula is C30H54ClN. The molecule has 0 amide bonds. The van der Waals surface area contributed by atoms with Gasteiger partial charge in [-0.1, -0.05) is 111 Å². The van der Waals surface area contributed by atoms with Crippen LogP contribution in [0.4, 0.5) is 0 Å². The maximum Gasteiger partial charge on any atom is 0.0655 e. The second-order valence-electron chi connectivity index (χ2n) is 6.74. The number of allylic oxidation sites excluding steroid dienone is 6. The first-order valence-corrected chi connectivity index (χ1v) is 12.9. The van der Waals surface area contributed by atoms with E-state index in [2.05, 4.69) is 52.2 Å². The van der Waals surface area contributed by atoms with Gasteiger partial charge in [0.25, 0.3) is 0 Å². The standard InChI is InChI=1S/C15H18ClN.C6H12.C5H12.2C2H6/c1-5-7-15-12(4)8-13(10-17-15)11(3)9-14(16)6-2;1-4-6(3)5-2;1-3-5-4-2;2*1-2/h5-10H,1-4H3;3-5H2,1-2H3;3-5H2,1-2H3;2*1-2H3/b7-5-,11-9+,14-6+;;;;. The maximum absolute atomic E-state index is 5.98. The molecule has 32 heavy (non-hydrogen) atoms. The maximum atomic E-state index is 5.98. The first-order valence-electron chi connectivity index (χ1n) is 12.6. The highest BCUT2D eigenvalue weighted by Crippen LogP contribution is 2.19. The molecular weight excluding hydrogens is 410 g/mol. The lowest BCUT2D eigenvalue weighted by atomic mass is 10.1. The lowest BCUT2D eigenvalue weighted by Crippen LogP contribution is -1.90. The molecule has 0 aliphatic heterocycles. The minimum absolute atomic E-state index is 0.748. The van der Waals surface area contributed by atoms with Crippen molar-refractivity contribution in [3.63, 3.8) is 0 Å². The molecule has 1 heterocycles. The average Bonchev–Trinajstić information content (AvgIpc) is 2.83. The van der Waals surface area contributed by atoms with Crippen molar-refractivity contribution in [3.05, 3.63) is 64.5 Å². The van der Waals surface area contributed by atoms with Crippen molar-refractivity contribution in [2.75, 3.05) is 0 Å². The Hall–Kier alpha value is -1.60. The van der Waals surface area contributed by atoms with E-state index in [0.29, 0.717) is 0 Å². The van der Waals surface area contributed by atoms with Gasteiger partial charge in [0.05, 0.1) is 5.69 Å². The van der Waals surface area contributed by atoms with Gasteiger partial charge in [-0.2, -0.15) is 0 Å². The molecule has 0 N–H and O–H groups in total. The summed E-state index contributed by atoms with van der Waals surface area (Å²) in [6, 6.07) is 2.13. The molecule has 0 aliphatic rings. The molecule has 0 saturated carbocycles. The molecule has 0 radical (unpaired) electrons. The average molecular weight is 464 g/mol. The van der Waals surface area contributed by atoms with Gasteiger partial charge in [-0.3, -0.25) is 4.98 Å². The van der Waals surface area contributed by atoms with Crippen LogP contribution in [0.25, 0.3) is 11.6 Å². The van der Waals surface area contributed by atoms with E-state index >= 15 is 0 Å². The molecule has 186 valence electrons. The summed E-state index contributed by atoms with van der Waals surface area (Å²) in [6.07, 6.45) is 16.1. The fourth-order valence-corrected chi connectivity index (χ4v) is 2.27. The van der Waals surface area contributed by atoms with E-state index < -0.39 is 0 Å². The van der Waals surface area contributed by atoms with Gasteiger partial charge in [-0.15, -0.1) is 0 Å². The van der Waals surface area contributed by atoms with Gasteiger partial charge in [-0.05, 0) is 75.5 Å². The van der Waals surface area contributed by atoms with Gasteiger partial charge in [0.15, 0.2) is 0 Å². The number of aryl methyl sites for hydroxylation is 1. The highest BCUT2D eigenvalue weighted by molar-refractivity contribution is 6.31. The molecule has 2 heteroatoms. The molecule has 0 unspecified atom stereocenters. The summed E-state index contributed by atoms with van der Waals surface area (Å²) in [6.45, 7) is 28.5. The van der Waals surface area contributed by atoms with Gasteiger partial charge >= 0.3 is 0 Å². The lowest BCUT2D eigenvalue weighted by Gasteiger charge is -2.05. The van der Waals surface area contributed by atoms with Crippen molar-refractivity contribution >= 4 is 23.3 Å². The predicted molar refractivity (Wildman–Crippen MR) is 155 cm³/mol. The number of nitrogens with zero attached hydrogens (tertiary/aromatic N) is 1. The summed E-state index contributed by atoms with van der Waals surface area (Å²) in [5.74, 6) is 0. The molecule has 0 fully saturated rings. The minimum Gasteiger partial charge on any atom is -0.256 e. The van der Waals surface area contributed by atoms with Crippen molar-refractivity contribution in [2.24, 2.45) is 0 Å². The van der Waals surface area contributed by atoms with E-state index in [1.807, 2.05) is 79.0 Å². The molecule has 1 rings (SSSR count). The summed E-state index contributed by atoms with van der Waals surface area (Å²) in [7, 11) is 0.